The van der Waals surface area contributed by atoms with Gasteiger partial charge in [0.25, 0.3) is 5.56 Å². The van der Waals surface area contributed by atoms with E-state index in [1.165, 1.54) is 10.6 Å². The molecule has 7 nitrogen and oxygen atoms in total. The van der Waals surface area contributed by atoms with Crippen molar-refractivity contribution in [3.8, 4) is 11.4 Å². The zero-order chi connectivity index (χ0) is 17.4. The van der Waals surface area contributed by atoms with E-state index in [0.717, 1.165) is 10.9 Å². The van der Waals surface area contributed by atoms with Crippen LogP contribution in [0, 0.1) is 0 Å². The lowest BCUT2D eigenvalue weighted by molar-refractivity contribution is 0.0519. The summed E-state index contributed by atoms with van der Waals surface area (Å²) in [6.07, 6.45) is 1.64. The SMILES string of the molecule is CCOC(=O)c1cc2c(=O)[nH]c(-c3ccc4ccccc4n3)cn2n1. The highest BCUT2D eigenvalue weighted by Crippen LogP contribution is 2.19. The molecule has 0 aliphatic heterocycles. The molecule has 0 saturated carbocycles. The minimum atomic E-state index is -0.559. The summed E-state index contributed by atoms with van der Waals surface area (Å²) in [5.41, 5.74) is 1.97. The largest absolute Gasteiger partial charge is 0.461 e. The molecular formula is C18H14N4O3. The lowest BCUT2D eigenvalue weighted by atomic mass is 10.2. The topological polar surface area (TPSA) is 89.4 Å². The number of benzene rings is 1. The zero-order valence-corrected chi connectivity index (χ0v) is 13.4. The Morgan fingerprint density at radius 3 is 2.92 bits per heavy atom. The molecule has 124 valence electrons. The second kappa shape index (κ2) is 5.86. The van der Waals surface area contributed by atoms with E-state index in [1.807, 2.05) is 36.4 Å². The van der Waals surface area contributed by atoms with Crippen LogP contribution in [0.4, 0.5) is 0 Å². The van der Waals surface area contributed by atoms with Crippen molar-refractivity contribution in [2.45, 2.75) is 6.92 Å². The molecule has 0 bridgehead atoms. The highest BCUT2D eigenvalue weighted by atomic mass is 16.5. The normalized spacial score (nSPS) is 11.1. The smallest absolute Gasteiger partial charge is 0.358 e. The molecule has 25 heavy (non-hydrogen) atoms. The molecule has 0 unspecified atom stereocenters. The molecule has 0 saturated heterocycles. The molecule has 1 aromatic carbocycles. The average molecular weight is 334 g/mol. The highest BCUT2D eigenvalue weighted by Gasteiger charge is 2.15. The van der Waals surface area contributed by atoms with Crippen LogP contribution >= 0.6 is 0 Å². The maximum Gasteiger partial charge on any atom is 0.358 e. The summed E-state index contributed by atoms with van der Waals surface area (Å²) in [5.74, 6) is -0.559. The Balaban J connectivity index is 1.84. The number of nitrogens with zero attached hydrogens (tertiary/aromatic N) is 3. The first-order valence-electron chi connectivity index (χ1n) is 7.81. The van der Waals surface area contributed by atoms with E-state index < -0.39 is 5.97 Å². The number of carbonyl (C=O) groups is 1. The summed E-state index contributed by atoms with van der Waals surface area (Å²) < 4.78 is 6.29. The lowest BCUT2D eigenvalue weighted by Crippen LogP contribution is -2.11. The van der Waals surface area contributed by atoms with Crippen LogP contribution in [0.25, 0.3) is 27.8 Å². The van der Waals surface area contributed by atoms with Gasteiger partial charge < -0.3 is 9.72 Å². The Labute approximate surface area is 141 Å². The number of rotatable bonds is 3. The molecule has 3 heterocycles. The fraction of sp³-hybridized carbons (Fsp3) is 0.111. The van der Waals surface area contributed by atoms with Crippen molar-refractivity contribution >= 4 is 22.4 Å². The Bertz CT molecular complexity index is 1160. The molecule has 4 aromatic rings. The first-order chi connectivity index (χ1) is 12.2. The maximum absolute atomic E-state index is 12.3. The summed E-state index contributed by atoms with van der Waals surface area (Å²) >= 11 is 0. The molecule has 7 heteroatoms. The van der Waals surface area contributed by atoms with Gasteiger partial charge in [-0.15, -0.1) is 0 Å². The van der Waals surface area contributed by atoms with Crippen molar-refractivity contribution in [3.63, 3.8) is 0 Å². The number of fused-ring (bicyclic) bond motifs is 2. The number of hydrogen-bond donors (Lipinski definition) is 1. The zero-order valence-electron chi connectivity index (χ0n) is 13.4. The molecule has 0 spiro atoms. The molecule has 0 amide bonds. The van der Waals surface area contributed by atoms with E-state index in [2.05, 4.69) is 15.1 Å². The van der Waals surface area contributed by atoms with Gasteiger partial charge in [-0.05, 0) is 19.1 Å². The molecule has 4 rings (SSSR count). The predicted octanol–water partition coefficient (Wildman–Crippen LogP) is 2.41. The van der Waals surface area contributed by atoms with Crippen molar-refractivity contribution in [2.24, 2.45) is 0 Å². The molecule has 1 N–H and O–H groups in total. The number of pyridine rings is 1. The van der Waals surface area contributed by atoms with Crippen LogP contribution in [-0.4, -0.2) is 32.2 Å². The van der Waals surface area contributed by atoms with Gasteiger partial charge in [-0.1, -0.05) is 24.3 Å². The van der Waals surface area contributed by atoms with Crippen LogP contribution in [-0.2, 0) is 4.74 Å². The molecule has 0 aliphatic carbocycles. The Hall–Kier alpha value is -3.48. The van der Waals surface area contributed by atoms with Crippen molar-refractivity contribution in [3.05, 3.63) is 64.7 Å². The van der Waals surface area contributed by atoms with Gasteiger partial charge >= 0.3 is 5.97 Å². The second-order valence-corrected chi connectivity index (χ2v) is 5.47. The van der Waals surface area contributed by atoms with Crippen molar-refractivity contribution in [1.82, 2.24) is 19.6 Å². The number of H-pyrrole nitrogens is 1. The van der Waals surface area contributed by atoms with Gasteiger partial charge in [0.1, 0.15) is 5.52 Å². The van der Waals surface area contributed by atoms with Gasteiger partial charge in [-0.2, -0.15) is 5.10 Å². The number of carbonyl (C=O) groups excluding carboxylic acids is 1. The average Bonchev–Trinajstić information content (AvgIpc) is 3.06. The summed E-state index contributed by atoms with van der Waals surface area (Å²) in [6.45, 7) is 1.96. The van der Waals surface area contributed by atoms with Crippen LogP contribution in [0.5, 0.6) is 0 Å². The third-order valence-electron chi connectivity index (χ3n) is 3.83. The van der Waals surface area contributed by atoms with E-state index in [9.17, 15) is 9.59 Å². The van der Waals surface area contributed by atoms with E-state index in [-0.39, 0.29) is 23.4 Å². The number of nitrogens with one attached hydrogen (secondary N) is 1. The van der Waals surface area contributed by atoms with Crippen LogP contribution in [0.2, 0.25) is 0 Å². The minimum absolute atomic E-state index is 0.0935. The molecule has 0 radical (unpaired) electrons. The van der Waals surface area contributed by atoms with Gasteiger partial charge in [0.15, 0.2) is 5.69 Å². The van der Waals surface area contributed by atoms with Gasteiger partial charge in [0.2, 0.25) is 0 Å². The second-order valence-electron chi connectivity index (χ2n) is 5.47. The van der Waals surface area contributed by atoms with E-state index >= 15 is 0 Å². The fourth-order valence-electron chi connectivity index (χ4n) is 2.65. The minimum Gasteiger partial charge on any atom is -0.461 e. The quantitative estimate of drug-likeness (QED) is 0.581. The lowest BCUT2D eigenvalue weighted by Gasteiger charge is -2.04. The standard InChI is InChI=1S/C18H14N4O3/c1-2-25-18(24)14-9-16-17(23)20-15(10-22(16)21-14)13-8-7-11-5-3-4-6-12(11)19-13/h3-10H,2H2,1H3,(H,20,23). The van der Waals surface area contributed by atoms with Gasteiger partial charge in [-0.25, -0.2) is 14.3 Å². The number of aromatic nitrogens is 4. The third kappa shape index (κ3) is 2.65. The first kappa shape index (κ1) is 15.1. The number of aromatic amines is 1. The Morgan fingerprint density at radius 2 is 2.08 bits per heavy atom. The number of para-hydroxylation sites is 1. The molecule has 3 aromatic heterocycles. The fourth-order valence-corrected chi connectivity index (χ4v) is 2.65. The van der Waals surface area contributed by atoms with Crippen LogP contribution in [0.1, 0.15) is 17.4 Å². The number of hydrogen-bond acceptors (Lipinski definition) is 5. The van der Waals surface area contributed by atoms with Crippen molar-refractivity contribution < 1.29 is 9.53 Å². The Morgan fingerprint density at radius 1 is 1.24 bits per heavy atom. The van der Waals surface area contributed by atoms with Gasteiger partial charge in [0, 0.05) is 11.5 Å². The van der Waals surface area contributed by atoms with Crippen molar-refractivity contribution in [1.29, 1.82) is 0 Å². The summed E-state index contributed by atoms with van der Waals surface area (Å²) in [7, 11) is 0. The van der Waals surface area contributed by atoms with Crippen molar-refractivity contribution in [2.75, 3.05) is 6.61 Å². The number of esters is 1. The molecular weight excluding hydrogens is 320 g/mol. The van der Waals surface area contributed by atoms with Crippen LogP contribution in [0.15, 0.2) is 53.5 Å². The van der Waals surface area contributed by atoms with Crippen LogP contribution in [0.3, 0.4) is 0 Å². The Kier molecular flexibility index (Phi) is 3.53. The summed E-state index contributed by atoms with van der Waals surface area (Å²) in [6, 6.07) is 12.9. The van der Waals surface area contributed by atoms with E-state index in [1.54, 1.807) is 13.1 Å². The van der Waals surface area contributed by atoms with Crippen LogP contribution < -0.4 is 5.56 Å². The molecule has 0 fully saturated rings. The maximum atomic E-state index is 12.3. The third-order valence-corrected chi connectivity index (χ3v) is 3.83. The number of ether oxygens (including phenoxy) is 1. The predicted molar refractivity (Wildman–Crippen MR) is 92.5 cm³/mol. The molecule has 0 atom stereocenters. The first-order valence-corrected chi connectivity index (χ1v) is 7.81. The summed E-state index contributed by atoms with van der Waals surface area (Å²) in [5, 5.41) is 5.15. The molecule has 0 aliphatic rings. The monoisotopic (exact) mass is 334 g/mol. The van der Waals surface area contributed by atoms with E-state index in [4.69, 9.17) is 4.74 Å². The van der Waals surface area contributed by atoms with Gasteiger partial charge in [-0.3, -0.25) is 4.79 Å². The highest BCUT2D eigenvalue weighted by molar-refractivity contribution is 5.88. The summed E-state index contributed by atoms with van der Waals surface area (Å²) in [4.78, 5) is 31.5. The van der Waals surface area contributed by atoms with Gasteiger partial charge in [0.05, 0.1) is 29.7 Å². The van der Waals surface area contributed by atoms with E-state index in [0.29, 0.717) is 11.4 Å².